The molecule has 0 aliphatic carbocycles. The van der Waals surface area contributed by atoms with Gasteiger partial charge in [0.25, 0.3) is 0 Å². The van der Waals surface area contributed by atoms with E-state index in [2.05, 4.69) is 19.9 Å². The molecule has 0 amide bonds. The van der Waals surface area contributed by atoms with Gasteiger partial charge in [-0.15, -0.1) is 0 Å². The second-order valence-electron chi connectivity index (χ2n) is 5.38. The highest BCUT2D eigenvalue weighted by atomic mass is 33.1. The van der Waals surface area contributed by atoms with Crippen molar-refractivity contribution in [3.63, 3.8) is 0 Å². The SMILES string of the molecule is Cc1nc(SSc2nc(C)c3ccccc3n2)nc2ccccc12. The molecule has 4 aromatic rings. The Balaban J connectivity index is 1.63. The fourth-order valence-corrected chi connectivity index (χ4v) is 4.23. The fraction of sp³-hybridized carbons (Fsp3) is 0.111. The lowest BCUT2D eigenvalue weighted by Crippen LogP contribution is -1.93. The van der Waals surface area contributed by atoms with Crippen molar-refractivity contribution in [2.75, 3.05) is 0 Å². The zero-order chi connectivity index (χ0) is 16.5. The first-order valence-corrected chi connectivity index (χ1v) is 9.67. The lowest BCUT2D eigenvalue weighted by molar-refractivity contribution is 0.968. The van der Waals surface area contributed by atoms with Crippen molar-refractivity contribution in [3.05, 3.63) is 59.9 Å². The molecular weight excluding hydrogens is 336 g/mol. The van der Waals surface area contributed by atoms with Crippen molar-refractivity contribution in [2.45, 2.75) is 24.2 Å². The molecule has 24 heavy (non-hydrogen) atoms. The second-order valence-corrected chi connectivity index (χ2v) is 7.45. The Bertz CT molecular complexity index is 964. The Morgan fingerprint density at radius 1 is 0.583 bits per heavy atom. The molecule has 2 aromatic carbocycles. The van der Waals surface area contributed by atoms with E-state index in [1.54, 1.807) is 0 Å². The maximum absolute atomic E-state index is 4.61. The predicted molar refractivity (Wildman–Crippen MR) is 100 cm³/mol. The highest BCUT2D eigenvalue weighted by Gasteiger charge is 2.09. The maximum Gasteiger partial charge on any atom is 0.199 e. The minimum Gasteiger partial charge on any atom is -0.227 e. The topological polar surface area (TPSA) is 51.6 Å². The molecule has 0 saturated carbocycles. The van der Waals surface area contributed by atoms with Gasteiger partial charge in [-0.05, 0) is 47.6 Å². The van der Waals surface area contributed by atoms with Gasteiger partial charge in [0.1, 0.15) is 0 Å². The first-order chi connectivity index (χ1) is 11.7. The van der Waals surface area contributed by atoms with Crippen molar-refractivity contribution >= 4 is 43.4 Å². The average Bonchev–Trinajstić information content (AvgIpc) is 2.60. The Hall–Kier alpha value is -2.18. The molecule has 2 heterocycles. The lowest BCUT2D eigenvalue weighted by Gasteiger charge is -2.06. The number of hydrogen-bond donors (Lipinski definition) is 0. The molecule has 0 atom stereocenters. The van der Waals surface area contributed by atoms with Gasteiger partial charge in [-0.25, -0.2) is 19.9 Å². The maximum atomic E-state index is 4.61. The summed E-state index contributed by atoms with van der Waals surface area (Å²) in [5.74, 6) is 0. The molecule has 0 N–H and O–H groups in total. The summed E-state index contributed by atoms with van der Waals surface area (Å²) in [6.07, 6.45) is 0. The van der Waals surface area contributed by atoms with E-state index >= 15 is 0 Å². The van der Waals surface area contributed by atoms with E-state index in [-0.39, 0.29) is 0 Å². The van der Waals surface area contributed by atoms with Crippen LogP contribution in [0.25, 0.3) is 21.8 Å². The minimum absolute atomic E-state index is 0.727. The van der Waals surface area contributed by atoms with Gasteiger partial charge < -0.3 is 0 Å². The lowest BCUT2D eigenvalue weighted by atomic mass is 10.2. The van der Waals surface area contributed by atoms with Crippen LogP contribution in [0.4, 0.5) is 0 Å². The molecule has 4 nitrogen and oxygen atoms in total. The summed E-state index contributed by atoms with van der Waals surface area (Å²) < 4.78 is 0. The van der Waals surface area contributed by atoms with Crippen LogP contribution >= 0.6 is 21.6 Å². The van der Waals surface area contributed by atoms with Crippen molar-refractivity contribution in [3.8, 4) is 0 Å². The van der Waals surface area contributed by atoms with Gasteiger partial charge in [0.15, 0.2) is 10.3 Å². The monoisotopic (exact) mass is 350 g/mol. The second kappa shape index (κ2) is 6.37. The fourth-order valence-electron chi connectivity index (χ4n) is 2.57. The molecule has 0 aliphatic rings. The summed E-state index contributed by atoms with van der Waals surface area (Å²) in [6, 6.07) is 16.1. The third-order valence-corrected chi connectivity index (χ3v) is 5.63. The van der Waals surface area contributed by atoms with Gasteiger partial charge in [0, 0.05) is 22.2 Å². The van der Waals surface area contributed by atoms with Crippen LogP contribution < -0.4 is 0 Å². The molecular formula is C18H14N4S2. The Kier molecular flexibility index (Phi) is 4.08. The zero-order valence-corrected chi connectivity index (χ0v) is 14.9. The molecule has 0 saturated heterocycles. The number of hydrogen-bond acceptors (Lipinski definition) is 6. The van der Waals surface area contributed by atoms with E-state index in [1.807, 2.05) is 62.4 Å². The van der Waals surface area contributed by atoms with Crippen LogP contribution in [0.2, 0.25) is 0 Å². The highest BCUT2D eigenvalue weighted by molar-refractivity contribution is 8.76. The van der Waals surface area contributed by atoms with Crippen LogP contribution in [0.3, 0.4) is 0 Å². The van der Waals surface area contributed by atoms with Gasteiger partial charge in [-0.3, -0.25) is 0 Å². The van der Waals surface area contributed by atoms with Crippen LogP contribution in [-0.4, -0.2) is 19.9 Å². The van der Waals surface area contributed by atoms with Gasteiger partial charge in [0.05, 0.1) is 11.0 Å². The third-order valence-electron chi connectivity index (χ3n) is 3.74. The number of benzene rings is 2. The Morgan fingerprint density at radius 2 is 1.00 bits per heavy atom. The van der Waals surface area contributed by atoms with E-state index in [1.165, 1.54) is 21.6 Å². The summed E-state index contributed by atoms with van der Waals surface area (Å²) >= 11 is 0. The minimum atomic E-state index is 0.727. The van der Waals surface area contributed by atoms with Gasteiger partial charge in [-0.1, -0.05) is 36.4 Å². The van der Waals surface area contributed by atoms with E-state index in [9.17, 15) is 0 Å². The molecule has 2 aromatic heterocycles. The molecule has 0 spiro atoms. The quantitative estimate of drug-likeness (QED) is 0.383. The number of aryl methyl sites for hydroxylation is 2. The summed E-state index contributed by atoms with van der Waals surface area (Å²) in [6.45, 7) is 4.02. The van der Waals surface area contributed by atoms with Crippen molar-refractivity contribution in [2.24, 2.45) is 0 Å². The largest absolute Gasteiger partial charge is 0.227 e. The Morgan fingerprint density at radius 3 is 1.46 bits per heavy atom. The van der Waals surface area contributed by atoms with Crippen LogP contribution in [0, 0.1) is 13.8 Å². The van der Waals surface area contributed by atoms with Gasteiger partial charge >= 0.3 is 0 Å². The molecule has 4 rings (SSSR count). The predicted octanol–water partition coefficient (Wildman–Crippen LogP) is 4.99. The number of rotatable bonds is 3. The molecule has 0 unspecified atom stereocenters. The van der Waals surface area contributed by atoms with Crippen LogP contribution in [0.15, 0.2) is 58.8 Å². The molecule has 6 heteroatoms. The van der Waals surface area contributed by atoms with E-state index in [0.29, 0.717) is 0 Å². The van der Waals surface area contributed by atoms with E-state index in [4.69, 9.17) is 0 Å². The van der Waals surface area contributed by atoms with Gasteiger partial charge in [-0.2, -0.15) is 0 Å². The van der Waals surface area contributed by atoms with Crippen LogP contribution in [0.1, 0.15) is 11.4 Å². The summed E-state index contributed by atoms with van der Waals surface area (Å²) in [7, 11) is 2.98. The smallest absolute Gasteiger partial charge is 0.199 e. The van der Waals surface area contributed by atoms with Crippen molar-refractivity contribution in [1.29, 1.82) is 0 Å². The zero-order valence-electron chi connectivity index (χ0n) is 13.2. The van der Waals surface area contributed by atoms with Crippen LogP contribution in [0.5, 0.6) is 0 Å². The Labute approximate surface area is 147 Å². The van der Waals surface area contributed by atoms with E-state index in [0.717, 1.165) is 43.5 Å². The highest BCUT2D eigenvalue weighted by Crippen LogP contribution is 2.35. The standard InChI is InChI=1S/C18H14N4S2/c1-11-13-7-3-5-9-15(13)21-17(19-11)23-24-18-20-12(2)14-8-4-6-10-16(14)22-18/h3-10H,1-2H3. The van der Waals surface area contributed by atoms with Gasteiger partial charge in [0.2, 0.25) is 0 Å². The summed E-state index contributed by atoms with van der Waals surface area (Å²) in [4.78, 5) is 18.4. The number of para-hydroxylation sites is 2. The normalized spacial score (nSPS) is 11.2. The van der Waals surface area contributed by atoms with E-state index < -0.39 is 0 Å². The summed E-state index contributed by atoms with van der Waals surface area (Å²) in [5, 5.41) is 3.63. The third kappa shape index (κ3) is 2.95. The summed E-state index contributed by atoms with van der Waals surface area (Å²) in [5.41, 5.74) is 3.89. The molecule has 0 radical (unpaired) electrons. The molecule has 0 aliphatic heterocycles. The first-order valence-electron chi connectivity index (χ1n) is 7.52. The van der Waals surface area contributed by atoms with Crippen LogP contribution in [-0.2, 0) is 0 Å². The molecule has 118 valence electrons. The number of aromatic nitrogens is 4. The number of nitrogens with zero attached hydrogens (tertiary/aromatic N) is 4. The van der Waals surface area contributed by atoms with Crippen molar-refractivity contribution < 1.29 is 0 Å². The van der Waals surface area contributed by atoms with Crippen molar-refractivity contribution in [1.82, 2.24) is 19.9 Å². The first kappa shape index (κ1) is 15.4. The molecule has 0 bridgehead atoms. The molecule has 0 fully saturated rings. The number of fused-ring (bicyclic) bond motifs is 2. The average molecular weight is 350 g/mol.